The van der Waals surface area contributed by atoms with Crippen molar-refractivity contribution in [2.45, 2.75) is 32.4 Å². The summed E-state index contributed by atoms with van der Waals surface area (Å²) in [5, 5.41) is 10.0. The average molecular weight is 365 g/mol. The van der Waals surface area contributed by atoms with E-state index in [1.807, 2.05) is 0 Å². The van der Waals surface area contributed by atoms with Gasteiger partial charge in [0.2, 0.25) is 5.88 Å². The first kappa shape index (κ1) is 17.6. The van der Waals surface area contributed by atoms with Crippen LogP contribution in [0.15, 0.2) is 0 Å². The van der Waals surface area contributed by atoms with E-state index < -0.39 is 12.0 Å². The van der Waals surface area contributed by atoms with E-state index >= 15 is 0 Å². The van der Waals surface area contributed by atoms with Crippen LogP contribution in [0.3, 0.4) is 0 Å². The quantitative estimate of drug-likeness (QED) is 0.862. The highest BCUT2D eigenvalue weighted by atomic mass is 32.1. The predicted molar refractivity (Wildman–Crippen MR) is 91.1 cm³/mol. The van der Waals surface area contributed by atoms with E-state index in [2.05, 4.69) is 9.97 Å². The number of aryl methyl sites for hydroxylation is 1. The SMILES string of the molecule is COCc1nc(OC)c2c(C)c(C(=O)N3CCC[C@@H]3C(=O)O)sc2n1. The van der Waals surface area contributed by atoms with Crippen LogP contribution in [0.25, 0.3) is 10.2 Å². The number of ether oxygens (including phenoxy) is 2. The van der Waals surface area contributed by atoms with Crippen LogP contribution in [0, 0.1) is 6.92 Å². The van der Waals surface area contributed by atoms with Gasteiger partial charge in [-0.2, -0.15) is 4.98 Å². The number of methoxy groups -OCH3 is 2. The normalized spacial score (nSPS) is 17.2. The van der Waals surface area contributed by atoms with Crippen molar-refractivity contribution in [1.82, 2.24) is 14.9 Å². The summed E-state index contributed by atoms with van der Waals surface area (Å²) in [6, 6.07) is -0.769. The Labute approximate surface area is 148 Å². The van der Waals surface area contributed by atoms with Gasteiger partial charge >= 0.3 is 5.97 Å². The highest BCUT2D eigenvalue weighted by Gasteiger charge is 2.36. The van der Waals surface area contributed by atoms with Crippen molar-refractivity contribution >= 4 is 33.4 Å². The van der Waals surface area contributed by atoms with Crippen LogP contribution >= 0.6 is 11.3 Å². The summed E-state index contributed by atoms with van der Waals surface area (Å²) in [5.41, 5.74) is 0.710. The van der Waals surface area contributed by atoms with Crippen LogP contribution in [0.5, 0.6) is 5.88 Å². The van der Waals surface area contributed by atoms with E-state index in [0.29, 0.717) is 51.7 Å². The first-order valence-electron chi connectivity index (χ1n) is 7.84. The molecule has 134 valence electrons. The van der Waals surface area contributed by atoms with Crippen LogP contribution in [0.4, 0.5) is 0 Å². The summed E-state index contributed by atoms with van der Waals surface area (Å²) in [6.45, 7) is 2.49. The Balaban J connectivity index is 2.06. The van der Waals surface area contributed by atoms with E-state index in [1.54, 1.807) is 14.0 Å². The number of hydrogen-bond donors (Lipinski definition) is 1. The van der Waals surface area contributed by atoms with E-state index in [9.17, 15) is 14.7 Å². The van der Waals surface area contributed by atoms with Crippen LogP contribution in [-0.2, 0) is 16.1 Å². The van der Waals surface area contributed by atoms with Gasteiger partial charge in [-0.05, 0) is 25.3 Å². The van der Waals surface area contributed by atoms with Crippen molar-refractivity contribution in [2.24, 2.45) is 0 Å². The molecular formula is C16H19N3O5S. The zero-order valence-corrected chi connectivity index (χ0v) is 15.1. The first-order chi connectivity index (χ1) is 12.0. The van der Waals surface area contributed by atoms with Gasteiger partial charge in [-0.15, -0.1) is 11.3 Å². The number of aromatic nitrogens is 2. The summed E-state index contributed by atoms with van der Waals surface area (Å²) in [7, 11) is 3.06. The molecule has 1 saturated heterocycles. The van der Waals surface area contributed by atoms with Gasteiger partial charge in [-0.25, -0.2) is 9.78 Å². The van der Waals surface area contributed by atoms with Crippen molar-refractivity contribution < 1.29 is 24.2 Å². The van der Waals surface area contributed by atoms with Crippen molar-refractivity contribution in [3.05, 3.63) is 16.3 Å². The van der Waals surface area contributed by atoms with E-state index in [0.717, 1.165) is 0 Å². The highest BCUT2D eigenvalue weighted by molar-refractivity contribution is 7.20. The summed E-state index contributed by atoms with van der Waals surface area (Å²) in [6.07, 6.45) is 1.17. The van der Waals surface area contributed by atoms with Crippen molar-refractivity contribution in [3.63, 3.8) is 0 Å². The summed E-state index contributed by atoms with van der Waals surface area (Å²) >= 11 is 1.23. The third-order valence-corrected chi connectivity index (χ3v) is 5.44. The fraction of sp³-hybridized carbons (Fsp3) is 0.500. The Kier molecular flexibility index (Phi) is 4.87. The molecular weight excluding hydrogens is 346 g/mol. The van der Waals surface area contributed by atoms with E-state index in [-0.39, 0.29) is 12.5 Å². The Bertz CT molecular complexity index is 835. The molecule has 2 aromatic heterocycles. The van der Waals surface area contributed by atoms with E-state index in [4.69, 9.17) is 9.47 Å². The fourth-order valence-corrected chi connectivity index (χ4v) is 4.23. The Morgan fingerprint density at radius 2 is 2.12 bits per heavy atom. The molecule has 8 nitrogen and oxygen atoms in total. The fourth-order valence-electron chi connectivity index (χ4n) is 3.09. The molecule has 0 aliphatic carbocycles. The number of hydrogen-bond acceptors (Lipinski definition) is 7. The molecule has 1 N–H and O–H groups in total. The molecule has 0 radical (unpaired) electrons. The monoisotopic (exact) mass is 365 g/mol. The first-order valence-corrected chi connectivity index (χ1v) is 8.66. The lowest BCUT2D eigenvalue weighted by molar-refractivity contribution is -0.141. The minimum atomic E-state index is -0.968. The number of fused-ring (bicyclic) bond motifs is 1. The van der Waals surface area contributed by atoms with Gasteiger partial charge in [0, 0.05) is 13.7 Å². The van der Waals surface area contributed by atoms with Gasteiger partial charge in [0.05, 0.1) is 17.4 Å². The number of amides is 1. The minimum Gasteiger partial charge on any atom is -0.480 e. The van der Waals surface area contributed by atoms with Crippen LogP contribution in [0.1, 0.15) is 33.9 Å². The number of thiophene rings is 1. The average Bonchev–Trinajstić information content (AvgIpc) is 3.19. The maximum Gasteiger partial charge on any atom is 0.326 e. The maximum atomic E-state index is 12.9. The molecule has 1 fully saturated rings. The van der Waals surface area contributed by atoms with Crippen LogP contribution < -0.4 is 4.74 Å². The number of carbonyl (C=O) groups is 2. The Hall–Kier alpha value is -2.26. The second-order valence-electron chi connectivity index (χ2n) is 5.81. The lowest BCUT2D eigenvalue weighted by Crippen LogP contribution is -2.40. The predicted octanol–water partition coefficient (Wildman–Crippen LogP) is 1.84. The molecule has 0 aromatic carbocycles. The number of likely N-dealkylation sites (tertiary alicyclic amines) is 1. The van der Waals surface area contributed by atoms with Gasteiger partial charge in [0.1, 0.15) is 17.5 Å². The molecule has 3 rings (SSSR count). The molecule has 25 heavy (non-hydrogen) atoms. The maximum absolute atomic E-state index is 12.9. The molecule has 1 amide bonds. The zero-order valence-electron chi connectivity index (χ0n) is 14.2. The van der Waals surface area contributed by atoms with Crippen molar-refractivity contribution in [3.8, 4) is 5.88 Å². The summed E-state index contributed by atoms with van der Waals surface area (Å²) in [5.74, 6) is -0.386. The highest BCUT2D eigenvalue weighted by Crippen LogP contribution is 2.36. The van der Waals surface area contributed by atoms with E-state index in [1.165, 1.54) is 23.3 Å². The summed E-state index contributed by atoms with van der Waals surface area (Å²) < 4.78 is 10.4. The van der Waals surface area contributed by atoms with Crippen molar-refractivity contribution in [1.29, 1.82) is 0 Å². The largest absolute Gasteiger partial charge is 0.480 e. The van der Waals surface area contributed by atoms with Crippen LogP contribution in [0.2, 0.25) is 0 Å². The molecule has 0 unspecified atom stereocenters. The molecule has 1 atom stereocenters. The molecule has 9 heteroatoms. The molecule has 1 aliphatic rings. The van der Waals surface area contributed by atoms with Gasteiger partial charge in [-0.1, -0.05) is 0 Å². The second kappa shape index (κ2) is 6.93. The summed E-state index contributed by atoms with van der Waals surface area (Å²) in [4.78, 5) is 35.6. The topological polar surface area (TPSA) is 102 Å². The number of nitrogens with zero attached hydrogens (tertiary/aromatic N) is 3. The lowest BCUT2D eigenvalue weighted by Gasteiger charge is -2.20. The number of rotatable bonds is 5. The van der Waals surface area contributed by atoms with Crippen molar-refractivity contribution in [2.75, 3.05) is 20.8 Å². The zero-order chi connectivity index (χ0) is 18.1. The number of aliphatic carboxylic acids is 1. The van der Waals surface area contributed by atoms with Gasteiger partial charge in [-0.3, -0.25) is 4.79 Å². The number of carboxylic acid groups (broad SMARTS) is 1. The van der Waals surface area contributed by atoms with Gasteiger partial charge in [0.25, 0.3) is 5.91 Å². The number of carbonyl (C=O) groups excluding carboxylic acids is 1. The standard InChI is InChI=1S/C16H19N3O5S/c1-8-11-13(24-3)17-10(7-23-2)18-14(11)25-12(8)15(20)19-6-4-5-9(19)16(21)22/h9H,4-7H2,1-3H3,(H,21,22)/t9-/m1/s1. The molecule has 3 heterocycles. The lowest BCUT2D eigenvalue weighted by atomic mass is 10.2. The van der Waals surface area contributed by atoms with Gasteiger partial charge in [0.15, 0.2) is 5.82 Å². The molecule has 0 bridgehead atoms. The molecule has 1 aliphatic heterocycles. The molecule has 2 aromatic rings. The third-order valence-electron chi connectivity index (χ3n) is 4.26. The molecule has 0 spiro atoms. The van der Waals surface area contributed by atoms with Gasteiger partial charge < -0.3 is 19.5 Å². The Morgan fingerprint density at radius 1 is 1.36 bits per heavy atom. The smallest absolute Gasteiger partial charge is 0.326 e. The minimum absolute atomic E-state index is 0.236. The Morgan fingerprint density at radius 3 is 2.76 bits per heavy atom. The third kappa shape index (κ3) is 3.05. The molecule has 0 saturated carbocycles. The number of carboxylic acids is 1. The second-order valence-corrected chi connectivity index (χ2v) is 6.81. The van der Waals surface area contributed by atoms with Crippen LogP contribution in [-0.4, -0.2) is 58.7 Å².